The van der Waals surface area contributed by atoms with E-state index in [2.05, 4.69) is 10.3 Å². The van der Waals surface area contributed by atoms with Crippen molar-refractivity contribution in [3.05, 3.63) is 63.4 Å². The number of rotatable bonds is 5. The minimum Gasteiger partial charge on any atom is -0.347 e. The summed E-state index contributed by atoms with van der Waals surface area (Å²) in [6.45, 7) is 3.75. The number of halogens is 3. The number of nitrogens with one attached hydrogen (secondary N) is 1. The van der Waals surface area contributed by atoms with Gasteiger partial charge in [-0.05, 0) is 48.6 Å². The van der Waals surface area contributed by atoms with Crippen molar-refractivity contribution in [3.63, 3.8) is 0 Å². The Labute approximate surface area is 226 Å². The second kappa shape index (κ2) is 11.8. The number of alkyl halides is 1. The predicted octanol–water partition coefficient (Wildman–Crippen LogP) is 4.50. The zero-order chi connectivity index (χ0) is 25.8. The third-order valence-electron chi connectivity index (χ3n) is 7.11. The Morgan fingerprint density at radius 3 is 2.33 bits per heavy atom. The summed E-state index contributed by atoms with van der Waals surface area (Å²) >= 11 is 18.3. The molecule has 10 heteroatoms. The fourth-order valence-corrected chi connectivity index (χ4v) is 5.45. The molecule has 7 nitrogen and oxygen atoms in total. The van der Waals surface area contributed by atoms with E-state index in [-0.39, 0.29) is 35.6 Å². The number of piperidine rings is 2. The first-order chi connectivity index (χ1) is 17.3. The third-order valence-corrected chi connectivity index (χ3v) is 8.16. The number of carbonyl (C=O) groups excluding carboxylic acids is 3. The fraction of sp³-hybridized carbons (Fsp3) is 0.462. The van der Waals surface area contributed by atoms with E-state index in [4.69, 9.17) is 34.8 Å². The Balaban J connectivity index is 1.50. The van der Waals surface area contributed by atoms with Crippen LogP contribution in [0.5, 0.6) is 0 Å². The Morgan fingerprint density at radius 1 is 1.00 bits per heavy atom. The van der Waals surface area contributed by atoms with Crippen LogP contribution in [0.15, 0.2) is 36.5 Å². The molecular formula is C26H29Cl3N4O3. The van der Waals surface area contributed by atoms with Gasteiger partial charge in [-0.3, -0.25) is 19.4 Å². The molecule has 4 rings (SSSR count). The Hall–Kier alpha value is -2.35. The number of benzene rings is 1. The summed E-state index contributed by atoms with van der Waals surface area (Å²) < 4.78 is 0. The Kier molecular flexibility index (Phi) is 8.75. The molecule has 36 heavy (non-hydrogen) atoms. The van der Waals surface area contributed by atoms with Crippen LogP contribution in [0.4, 0.5) is 0 Å². The molecule has 0 bridgehead atoms. The second-order valence-electron chi connectivity index (χ2n) is 9.40. The van der Waals surface area contributed by atoms with Gasteiger partial charge in [-0.15, -0.1) is 11.6 Å². The molecule has 3 heterocycles. The zero-order valence-electron chi connectivity index (χ0n) is 20.1. The summed E-state index contributed by atoms with van der Waals surface area (Å²) in [6, 6.07) is 8.67. The highest BCUT2D eigenvalue weighted by Gasteiger charge is 2.37. The van der Waals surface area contributed by atoms with Crippen LogP contribution in [-0.4, -0.2) is 64.7 Å². The first-order valence-electron chi connectivity index (χ1n) is 12.1. The summed E-state index contributed by atoms with van der Waals surface area (Å²) in [5.41, 5.74) is 2.05. The average Bonchev–Trinajstić information content (AvgIpc) is 2.90. The van der Waals surface area contributed by atoms with Crippen LogP contribution < -0.4 is 5.32 Å². The van der Waals surface area contributed by atoms with Crippen LogP contribution in [0.1, 0.15) is 53.7 Å². The van der Waals surface area contributed by atoms with Gasteiger partial charge in [-0.25, -0.2) is 0 Å². The predicted molar refractivity (Wildman–Crippen MR) is 140 cm³/mol. The van der Waals surface area contributed by atoms with Gasteiger partial charge >= 0.3 is 0 Å². The van der Waals surface area contributed by atoms with Crippen molar-refractivity contribution in [1.29, 1.82) is 0 Å². The van der Waals surface area contributed by atoms with E-state index in [0.717, 1.165) is 11.1 Å². The van der Waals surface area contributed by atoms with Crippen molar-refractivity contribution in [2.45, 2.75) is 44.0 Å². The van der Waals surface area contributed by atoms with Gasteiger partial charge in [0, 0.05) is 63.1 Å². The maximum atomic E-state index is 13.4. The van der Waals surface area contributed by atoms with Crippen LogP contribution in [-0.2, 0) is 15.5 Å². The molecule has 2 aliphatic heterocycles. The standard InChI is InChI=1S/C26H29Cl3N4O3/c1-16(34)32-9-6-18(7-10-32)26(36)33-11-8-23(20(15-33)19-3-4-21(28)22(29)12-19)31-25(35)24-5-2-17(13-27)14-30-24/h2-5,12,14,18,20,23H,6-11,13,15H2,1H3,(H,31,35). The third kappa shape index (κ3) is 6.13. The quantitative estimate of drug-likeness (QED) is 0.555. The number of amides is 3. The van der Waals surface area contributed by atoms with Gasteiger partial charge in [0.15, 0.2) is 0 Å². The molecular weight excluding hydrogens is 523 g/mol. The smallest absolute Gasteiger partial charge is 0.270 e. The number of carbonyl (C=O) groups is 3. The summed E-state index contributed by atoms with van der Waals surface area (Å²) in [7, 11) is 0. The van der Waals surface area contributed by atoms with E-state index >= 15 is 0 Å². The molecule has 1 N–H and O–H groups in total. The normalized spacial score (nSPS) is 20.8. The fourth-order valence-electron chi connectivity index (χ4n) is 4.99. The summed E-state index contributed by atoms with van der Waals surface area (Å²) in [6.07, 6.45) is 3.51. The molecule has 2 unspecified atom stereocenters. The lowest BCUT2D eigenvalue weighted by Crippen LogP contribution is -2.53. The lowest BCUT2D eigenvalue weighted by Gasteiger charge is -2.41. The molecule has 2 atom stereocenters. The van der Waals surface area contributed by atoms with Gasteiger partial charge in [0.25, 0.3) is 5.91 Å². The van der Waals surface area contributed by atoms with Crippen LogP contribution >= 0.6 is 34.8 Å². The zero-order valence-corrected chi connectivity index (χ0v) is 22.3. The van der Waals surface area contributed by atoms with E-state index in [1.165, 1.54) is 0 Å². The summed E-state index contributed by atoms with van der Waals surface area (Å²) in [4.78, 5) is 46.0. The largest absolute Gasteiger partial charge is 0.347 e. The van der Waals surface area contributed by atoms with Crippen molar-refractivity contribution in [2.75, 3.05) is 26.2 Å². The first-order valence-corrected chi connectivity index (χ1v) is 13.4. The number of hydrogen-bond donors (Lipinski definition) is 1. The van der Waals surface area contributed by atoms with Crippen molar-refractivity contribution < 1.29 is 14.4 Å². The minimum absolute atomic E-state index is 0.0453. The SMILES string of the molecule is CC(=O)N1CCC(C(=O)N2CCC(NC(=O)c3ccc(CCl)cn3)C(c3ccc(Cl)c(Cl)c3)C2)CC1. The van der Waals surface area contributed by atoms with Crippen molar-refractivity contribution in [1.82, 2.24) is 20.1 Å². The molecule has 2 saturated heterocycles. The first kappa shape index (κ1) is 26.7. The lowest BCUT2D eigenvalue weighted by atomic mass is 9.84. The van der Waals surface area contributed by atoms with Crippen molar-refractivity contribution in [2.24, 2.45) is 5.92 Å². The second-order valence-corrected chi connectivity index (χ2v) is 10.5. The number of aromatic nitrogens is 1. The molecule has 2 aliphatic rings. The highest BCUT2D eigenvalue weighted by molar-refractivity contribution is 6.42. The van der Waals surface area contributed by atoms with Gasteiger partial charge in [-0.1, -0.05) is 35.3 Å². The molecule has 1 aromatic heterocycles. The van der Waals surface area contributed by atoms with Gasteiger partial charge < -0.3 is 15.1 Å². The minimum atomic E-state index is -0.275. The number of nitrogens with zero attached hydrogens (tertiary/aromatic N) is 3. The highest BCUT2D eigenvalue weighted by atomic mass is 35.5. The van der Waals surface area contributed by atoms with Crippen LogP contribution in [0, 0.1) is 5.92 Å². The van der Waals surface area contributed by atoms with E-state index < -0.39 is 0 Å². The van der Waals surface area contributed by atoms with Gasteiger partial charge in [0.05, 0.1) is 10.0 Å². The summed E-state index contributed by atoms with van der Waals surface area (Å²) in [5, 5.41) is 4.00. The molecule has 0 saturated carbocycles. The van der Waals surface area contributed by atoms with Crippen LogP contribution in [0.3, 0.4) is 0 Å². The average molecular weight is 552 g/mol. The molecule has 192 valence electrons. The van der Waals surface area contributed by atoms with Crippen molar-refractivity contribution in [3.8, 4) is 0 Å². The van der Waals surface area contributed by atoms with Crippen LogP contribution in [0.25, 0.3) is 0 Å². The van der Waals surface area contributed by atoms with E-state index in [1.54, 1.807) is 42.3 Å². The van der Waals surface area contributed by atoms with E-state index in [0.29, 0.717) is 67.1 Å². The topological polar surface area (TPSA) is 82.6 Å². The lowest BCUT2D eigenvalue weighted by molar-refractivity contribution is -0.141. The molecule has 3 amide bonds. The van der Waals surface area contributed by atoms with E-state index in [1.807, 2.05) is 11.0 Å². The maximum absolute atomic E-state index is 13.4. The van der Waals surface area contributed by atoms with Crippen LogP contribution in [0.2, 0.25) is 10.0 Å². The van der Waals surface area contributed by atoms with Crippen molar-refractivity contribution >= 4 is 52.5 Å². The van der Waals surface area contributed by atoms with Gasteiger partial charge in [-0.2, -0.15) is 0 Å². The monoisotopic (exact) mass is 550 g/mol. The Bertz CT molecular complexity index is 1120. The molecule has 2 fully saturated rings. The number of pyridine rings is 1. The maximum Gasteiger partial charge on any atom is 0.270 e. The highest BCUT2D eigenvalue weighted by Crippen LogP contribution is 2.33. The molecule has 1 aromatic carbocycles. The van der Waals surface area contributed by atoms with Gasteiger partial charge in [0.2, 0.25) is 11.8 Å². The molecule has 2 aromatic rings. The number of hydrogen-bond acceptors (Lipinski definition) is 4. The Morgan fingerprint density at radius 2 is 1.72 bits per heavy atom. The van der Waals surface area contributed by atoms with Gasteiger partial charge in [0.1, 0.15) is 5.69 Å². The van der Waals surface area contributed by atoms with E-state index in [9.17, 15) is 14.4 Å². The molecule has 0 radical (unpaired) electrons. The number of likely N-dealkylation sites (tertiary alicyclic amines) is 2. The molecule has 0 aliphatic carbocycles. The summed E-state index contributed by atoms with van der Waals surface area (Å²) in [5.74, 6) is -0.0706. The molecule has 0 spiro atoms.